The van der Waals surface area contributed by atoms with Crippen LogP contribution >= 0.6 is 0 Å². The van der Waals surface area contributed by atoms with Crippen molar-refractivity contribution in [1.82, 2.24) is 14.4 Å². The van der Waals surface area contributed by atoms with Crippen LogP contribution in [0.25, 0.3) is 5.65 Å². The van der Waals surface area contributed by atoms with Gasteiger partial charge in [0.1, 0.15) is 5.82 Å². The molecule has 158 valence electrons. The van der Waals surface area contributed by atoms with E-state index in [9.17, 15) is 0 Å². The van der Waals surface area contributed by atoms with E-state index in [-0.39, 0.29) is 21.8 Å². The number of imidazole rings is 1. The van der Waals surface area contributed by atoms with E-state index < -0.39 is 0 Å². The lowest BCUT2D eigenvalue weighted by atomic mass is 9.74. The molecule has 4 nitrogen and oxygen atoms in total. The first-order valence-electron chi connectivity index (χ1n) is 10.5. The van der Waals surface area contributed by atoms with Crippen LogP contribution in [0.3, 0.4) is 0 Å². The van der Waals surface area contributed by atoms with Gasteiger partial charge in [-0.1, -0.05) is 62.3 Å². The molecule has 0 saturated carbocycles. The van der Waals surface area contributed by atoms with Crippen molar-refractivity contribution in [2.24, 2.45) is 10.8 Å². The number of anilines is 1. The lowest BCUT2D eigenvalue weighted by Crippen LogP contribution is -2.55. The van der Waals surface area contributed by atoms with Crippen LogP contribution in [0.1, 0.15) is 95.3 Å². The first kappa shape index (κ1) is 22.7. The van der Waals surface area contributed by atoms with E-state index in [1.807, 2.05) is 12.4 Å². The van der Waals surface area contributed by atoms with Crippen LogP contribution in [-0.2, 0) is 5.41 Å². The van der Waals surface area contributed by atoms with Crippen LogP contribution in [0.4, 0.5) is 5.69 Å². The van der Waals surface area contributed by atoms with E-state index in [2.05, 4.69) is 104 Å². The molecule has 0 fully saturated rings. The fourth-order valence-electron chi connectivity index (χ4n) is 3.95. The third kappa shape index (κ3) is 5.07. The average Bonchev–Trinajstić information content (AvgIpc) is 2.85. The van der Waals surface area contributed by atoms with Crippen LogP contribution in [-0.4, -0.2) is 25.9 Å². The number of nitrogens with zero attached hydrogens (tertiary/aromatic N) is 4. The monoisotopic (exact) mass is 386 g/mol. The van der Waals surface area contributed by atoms with Gasteiger partial charge in [0.2, 0.25) is 0 Å². The molecule has 0 saturated heterocycles. The van der Waals surface area contributed by atoms with Gasteiger partial charge in [-0.15, -0.1) is 0 Å². The Kier molecular flexibility index (Phi) is 5.70. The standard InChI is InChI=1S/C24H42N4/c1-21(2,3)13-18(22(4,5)6)28(24(10,11)12)17-14-25-19-15-26-20(23(7,8)9)27(19)16-17/h14-16,18H,13H2,1-12H3. The number of aromatic nitrogens is 3. The van der Waals surface area contributed by atoms with E-state index in [4.69, 9.17) is 4.98 Å². The summed E-state index contributed by atoms with van der Waals surface area (Å²) in [6.45, 7) is 27.6. The maximum atomic E-state index is 4.77. The Morgan fingerprint density at radius 1 is 0.857 bits per heavy atom. The normalized spacial score (nSPS) is 15.1. The summed E-state index contributed by atoms with van der Waals surface area (Å²) in [6, 6.07) is 0.383. The van der Waals surface area contributed by atoms with E-state index in [1.165, 1.54) is 0 Å². The van der Waals surface area contributed by atoms with Crippen molar-refractivity contribution in [3.8, 4) is 0 Å². The molecular weight excluding hydrogens is 344 g/mol. The SMILES string of the molecule is CC(C)(C)CC(N(c1cnc2cnc(C(C)(C)C)n2c1)C(C)(C)C)C(C)(C)C. The highest BCUT2D eigenvalue weighted by Gasteiger charge is 2.39. The highest BCUT2D eigenvalue weighted by molar-refractivity contribution is 5.52. The minimum Gasteiger partial charge on any atom is -0.361 e. The van der Waals surface area contributed by atoms with Gasteiger partial charge in [0.25, 0.3) is 0 Å². The van der Waals surface area contributed by atoms with Crippen molar-refractivity contribution >= 4 is 11.3 Å². The second kappa shape index (κ2) is 7.03. The van der Waals surface area contributed by atoms with Crippen LogP contribution in [0, 0.1) is 10.8 Å². The molecule has 4 heteroatoms. The van der Waals surface area contributed by atoms with Crippen molar-refractivity contribution in [3.63, 3.8) is 0 Å². The lowest BCUT2D eigenvalue weighted by Gasteiger charge is -2.50. The summed E-state index contributed by atoms with van der Waals surface area (Å²) >= 11 is 0. The Morgan fingerprint density at radius 3 is 1.86 bits per heavy atom. The summed E-state index contributed by atoms with van der Waals surface area (Å²) in [5.41, 5.74) is 2.38. The Labute approximate surface area is 172 Å². The number of hydrogen-bond acceptors (Lipinski definition) is 3. The van der Waals surface area contributed by atoms with Gasteiger partial charge >= 0.3 is 0 Å². The number of hydrogen-bond donors (Lipinski definition) is 0. The first-order valence-corrected chi connectivity index (χ1v) is 10.5. The molecule has 28 heavy (non-hydrogen) atoms. The minimum absolute atomic E-state index is 0.0268. The molecule has 0 aliphatic carbocycles. The molecule has 0 amide bonds. The average molecular weight is 387 g/mol. The molecule has 2 rings (SSSR count). The quantitative estimate of drug-likeness (QED) is 0.605. The Balaban J connectivity index is 2.68. The van der Waals surface area contributed by atoms with Gasteiger partial charge < -0.3 is 4.90 Å². The molecular formula is C24H42N4. The predicted octanol–water partition coefficient (Wildman–Crippen LogP) is 6.48. The molecule has 0 aliphatic heterocycles. The zero-order valence-electron chi connectivity index (χ0n) is 20.3. The zero-order chi connectivity index (χ0) is 21.7. The van der Waals surface area contributed by atoms with E-state index >= 15 is 0 Å². The van der Waals surface area contributed by atoms with Gasteiger partial charge in [-0.3, -0.25) is 4.40 Å². The van der Waals surface area contributed by atoms with E-state index in [1.54, 1.807) is 0 Å². The molecule has 2 aromatic heterocycles. The minimum atomic E-state index is -0.0336. The first-order chi connectivity index (χ1) is 12.4. The summed E-state index contributed by atoms with van der Waals surface area (Å²) in [6.07, 6.45) is 7.25. The molecule has 1 unspecified atom stereocenters. The second-order valence-corrected chi connectivity index (χ2v) is 12.6. The fourth-order valence-corrected chi connectivity index (χ4v) is 3.95. The maximum absolute atomic E-state index is 4.77. The summed E-state index contributed by atoms with van der Waals surface area (Å²) in [5.74, 6) is 1.05. The lowest BCUT2D eigenvalue weighted by molar-refractivity contribution is 0.198. The molecule has 0 radical (unpaired) electrons. The van der Waals surface area contributed by atoms with Gasteiger partial charge in [-0.05, 0) is 38.0 Å². The summed E-state index contributed by atoms with van der Waals surface area (Å²) in [7, 11) is 0. The molecule has 2 aromatic rings. The van der Waals surface area contributed by atoms with Crippen LogP contribution in [0.2, 0.25) is 0 Å². The highest BCUT2D eigenvalue weighted by atomic mass is 15.2. The third-order valence-electron chi connectivity index (χ3n) is 5.16. The highest BCUT2D eigenvalue weighted by Crippen LogP contribution is 2.40. The summed E-state index contributed by atoms with van der Waals surface area (Å²) in [4.78, 5) is 12.0. The van der Waals surface area contributed by atoms with E-state index in [0.29, 0.717) is 6.04 Å². The molecule has 0 N–H and O–H groups in total. The topological polar surface area (TPSA) is 33.4 Å². The van der Waals surface area contributed by atoms with Gasteiger partial charge in [-0.2, -0.15) is 0 Å². The van der Waals surface area contributed by atoms with Crippen molar-refractivity contribution < 1.29 is 0 Å². The smallest absolute Gasteiger partial charge is 0.156 e. The van der Waals surface area contributed by atoms with Crippen molar-refractivity contribution in [3.05, 3.63) is 24.4 Å². The Morgan fingerprint density at radius 2 is 1.43 bits per heavy atom. The number of fused-ring (bicyclic) bond motifs is 1. The predicted molar refractivity (Wildman–Crippen MR) is 121 cm³/mol. The largest absolute Gasteiger partial charge is 0.361 e. The second-order valence-electron chi connectivity index (χ2n) is 12.6. The van der Waals surface area contributed by atoms with Gasteiger partial charge in [0.15, 0.2) is 5.65 Å². The van der Waals surface area contributed by atoms with Crippen LogP contribution in [0.15, 0.2) is 18.6 Å². The molecule has 1 atom stereocenters. The zero-order valence-corrected chi connectivity index (χ0v) is 20.3. The van der Waals surface area contributed by atoms with Gasteiger partial charge in [0.05, 0.1) is 18.1 Å². The fraction of sp³-hybridized carbons (Fsp3) is 0.750. The third-order valence-corrected chi connectivity index (χ3v) is 5.16. The maximum Gasteiger partial charge on any atom is 0.156 e. The van der Waals surface area contributed by atoms with Crippen LogP contribution in [0.5, 0.6) is 0 Å². The van der Waals surface area contributed by atoms with Crippen molar-refractivity contribution in [2.75, 3.05) is 4.90 Å². The molecule has 0 bridgehead atoms. The van der Waals surface area contributed by atoms with Crippen LogP contribution < -0.4 is 4.90 Å². The summed E-state index contributed by atoms with van der Waals surface area (Å²) in [5, 5.41) is 0. The Hall–Kier alpha value is -1.58. The van der Waals surface area contributed by atoms with Crippen molar-refractivity contribution in [2.45, 2.75) is 107 Å². The molecule has 0 aromatic carbocycles. The molecule has 0 aliphatic rings. The number of rotatable bonds is 3. The Bertz CT molecular complexity index is 804. The summed E-state index contributed by atoms with van der Waals surface area (Å²) < 4.78 is 2.17. The molecule has 2 heterocycles. The van der Waals surface area contributed by atoms with Gasteiger partial charge in [0, 0.05) is 23.2 Å². The van der Waals surface area contributed by atoms with E-state index in [0.717, 1.165) is 23.6 Å². The molecule has 0 spiro atoms. The van der Waals surface area contributed by atoms with Gasteiger partial charge in [-0.25, -0.2) is 9.97 Å². The van der Waals surface area contributed by atoms with Crippen molar-refractivity contribution in [1.29, 1.82) is 0 Å².